The minimum atomic E-state index is -0.682. The Labute approximate surface area is 133 Å². The summed E-state index contributed by atoms with van der Waals surface area (Å²) in [6, 6.07) is 3.21. The van der Waals surface area contributed by atoms with Crippen LogP contribution in [-0.4, -0.2) is 27.3 Å². The van der Waals surface area contributed by atoms with Gasteiger partial charge in [0.25, 0.3) is 0 Å². The van der Waals surface area contributed by atoms with Gasteiger partial charge in [-0.3, -0.25) is 4.79 Å². The molecule has 1 aromatic rings. The van der Waals surface area contributed by atoms with Crippen LogP contribution in [0.3, 0.4) is 0 Å². The van der Waals surface area contributed by atoms with Crippen molar-refractivity contribution in [1.82, 2.24) is 0 Å². The maximum atomic E-state index is 11.8. The second-order valence-electron chi connectivity index (χ2n) is 5.41. The van der Waals surface area contributed by atoms with Crippen LogP contribution in [0.25, 0.3) is 0 Å². The van der Waals surface area contributed by atoms with E-state index in [1.807, 2.05) is 19.9 Å². The summed E-state index contributed by atoms with van der Waals surface area (Å²) in [5.74, 6) is 0.998. The zero-order chi connectivity index (χ0) is 16.2. The number of methoxy groups -OCH3 is 3. The quantitative estimate of drug-likeness (QED) is 0.790. The minimum Gasteiger partial charge on any atom is -0.497 e. The van der Waals surface area contributed by atoms with Gasteiger partial charge < -0.3 is 19.9 Å². The first-order chi connectivity index (χ1) is 9.76. The van der Waals surface area contributed by atoms with Crippen LogP contribution in [-0.2, 0) is 9.53 Å². The monoisotopic (exact) mass is 359 g/mol. The van der Waals surface area contributed by atoms with Gasteiger partial charge in [-0.2, -0.15) is 0 Å². The van der Waals surface area contributed by atoms with Crippen molar-refractivity contribution >= 4 is 21.9 Å². The summed E-state index contributed by atoms with van der Waals surface area (Å²) in [5.41, 5.74) is 6.40. The van der Waals surface area contributed by atoms with Crippen molar-refractivity contribution in [2.45, 2.75) is 26.3 Å². The van der Waals surface area contributed by atoms with Gasteiger partial charge in [0.15, 0.2) is 0 Å². The zero-order valence-corrected chi connectivity index (χ0v) is 14.6. The second kappa shape index (κ2) is 7.13. The summed E-state index contributed by atoms with van der Waals surface area (Å²) in [4.78, 5) is 11.8. The number of rotatable bonds is 6. The number of carbonyl (C=O) groups is 1. The molecule has 0 aliphatic rings. The summed E-state index contributed by atoms with van der Waals surface area (Å²) < 4.78 is 16.2. The first kappa shape index (κ1) is 17.8. The molecule has 0 aliphatic carbocycles. The minimum absolute atomic E-state index is 0.290. The van der Waals surface area contributed by atoms with Crippen molar-refractivity contribution in [3.8, 4) is 11.5 Å². The number of halogens is 1. The number of hydrogen-bond acceptors (Lipinski definition) is 5. The fourth-order valence-corrected chi connectivity index (χ4v) is 2.94. The average molecular weight is 360 g/mol. The molecular formula is C15H22BrNO4. The number of hydrogen-bond donors (Lipinski definition) is 1. The average Bonchev–Trinajstić information content (AvgIpc) is 2.44. The smallest absolute Gasteiger partial charge is 0.311 e. The number of ether oxygens (including phenoxy) is 3. The predicted molar refractivity (Wildman–Crippen MR) is 84.6 cm³/mol. The Morgan fingerprint density at radius 3 is 2.38 bits per heavy atom. The fourth-order valence-electron chi connectivity index (χ4n) is 2.23. The van der Waals surface area contributed by atoms with Crippen molar-refractivity contribution in [1.29, 1.82) is 0 Å². The molecule has 1 atom stereocenters. The molecule has 1 rings (SSSR count). The lowest BCUT2D eigenvalue weighted by molar-refractivity contribution is -0.151. The van der Waals surface area contributed by atoms with E-state index < -0.39 is 5.41 Å². The van der Waals surface area contributed by atoms with Crippen molar-refractivity contribution in [2.75, 3.05) is 21.3 Å². The van der Waals surface area contributed by atoms with E-state index >= 15 is 0 Å². The Morgan fingerprint density at radius 1 is 1.29 bits per heavy atom. The Morgan fingerprint density at radius 2 is 1.90 bits per heavy atom. The molecule has 0 aliphatic heterocycles. The van der Waals surface area contributed by atoms with Crippen LogP contribution in [0.1, 0.15) is 31.9 Å². The maximum Gasteiger partial charge on any atom is 0.311 e. The van der Waals surface area contributed by atoms with E-state index in [0.717, 1.165) is 10.0 Å². The molecule has 0 fully saturated rings. The standard InChI is InChI=1S/C15H22BrNO4/c1-15(2,14(18)21-5)8-11(17)13-10(16)6-9(19-3)7-12(13)20-4/h6-7,11H,8,17H2,1-5H3. The van der Waals surface area contributed by atoms with Gasteiger partial charge in [-0.1, -0.05) is 15.9 Å². The highest BCUT2D eigenvalue weighted by Gasteiger charge is 2.33. The number of benzene rings is 1. The molecule has 5 nitrogen and oxygen atoms in total. The third-order valence-electron chi connectivity index (χ3n) is 3.36. The van der Waals surface area contributed by atoms with Crippen LogP contribution in [0.2, 0.25) is 0 Å². The zero-order valence-electron chi connectivity index (χ0n) is 13.0. The third kappa shape index (κ3) is 4.11. The molecule has 2 N–H and O–H groups in total. The Hall–Kier alpha value is -1.27. The molecule has 0 amide bonds. The predicted octanol–water partition coefficient (Wildman–Crippen LogP) is 3.06. The fraction of sp³-hybridized carbons (Fsp3) is 0.533. The first-order valence-corrected chi connectivity index (χ1v) is 7.31. The highest BCUT2D eigenvalue weighted by molar-refractivity contribution is 9.10. The van der Waals surface area contributed by atoms with Crippen molar-refractivity contribution < 1.29 is 19.0 Å². The molecule has 0 saturated carbocycles. The Bertz CT molecular complexity index is 517. The SMILES string of the molecule is COC(=O)C(C)(C)CC(N)c1c(Br)cc(OC)cc1OC. The summed E-state index contributed by atoms with van der Waals surface area (Å²) in [5, 5.41) is 0. The van der Waals surface area contributed by atoms with Gasteiger partial charge in [-0.25, -0.2) is 0 Å². The van der Waals surface area contributed by atoms with Crippen LogP contribution in [0, 0.1) is 5.41 Å². The van der Waals surface area contributed by atoms with E-state index in [4.69, 9.17) is 19.9 Å². The molecule has 6 heteroatoms. The van der Waals surface area contributed by atoms with E-state index in [2.05, 4.69) is 15.9 Å². The second-order valence-corrected chi connectivity index (χ2v) is 6.27. The Balaban J connectivity index is 3.13. The number of carbonyl (C=O) groups excluding carboxylic acids is 1. The van der Waals surface area contributed by atoms with E-state index in [-0.39, 0.29) is 12.0 Å². The number of nitrogens with two attached hydrogens (primary N) is 1. The van der Waals surface area contributed by atoms with Crippen molar-refractivity contribution in [2.24, 2.45) is 11.1 Å². The molecule has 0 radical (unpaired) electrons. The summed E-state index contributed by atoms with van der Waals surface area (Å²) in [6.45, 7) is 3.62. The molecule has 1 aromatic carbocycles. The summed E-state index contributed by atoms with van der Waals surface area (Å²) in [6.07, 6.45) is 0.432. The summed E-state index contributed by atoms with van der Waals surface area (Å²) >= 11 is 3.49. The van der Waals surface area contributed by atoms with E-state index in [1.165, 1.54) is 7.11 Å². The van der Waals surface area contributed by atoms with Gasteiger partial charge in [0, 0.05) is 22.1 Å². The van der Waals surface area contributed by atoms with Gasteiger partial charge in [0.1, 0.15) is 11.5 Å². The highest BCUT2D eigenvalue weighted by Crippen LogP contribution is 2.40. The molecule has 118 valence electrons. The van der Waals surface area contributed by atoms with Crippen LogP contribution in [0.4, 0.5) is 0 Å². The summed E-state index contributed by atoms with van der Waals surface area (Å²) in [7, 11) is 4.53. The van der Waals surface area contributed by atoms with Crippen LogP contribution in [0.15, 0.2) is 16.6 Å². The van der Waals surface area contributed by atoms with E-state index in [1.54, 1.807) is 20.3 Å². The normalized spacial score (nSPS) is 12.7. The lowest BCUT2D eigenvalue weighted by Gasteiger charge is -2.27. The molecule has 0 spiro atoms. The van der Waals surface area contributed by atoms with E-state index in [9.17, 15) is 4.79 Å². The third-order valence-corrected chi connectivity index (χ3v) is 4.02. The first-order valence-electron chi connectivity index (χ1n) is 6.52. The molecule has 0 aromatic heterocycles. The van der Waals surface area contributed by atoms with Gasteiger partial charge in [-0.15, -0.1) is 0 Å². The molecular weight excluding hydrogens is 338 g/mol. The lowest BCUT2D eigenvalue weighted by Crippen LogP contribution is -2.30. The topological polar surface area (TPSA) is 70.8 Å². The van der Waals surface area contributed by atoms with Crippen LogP contribution in [0.5, 0.6) is 11.5 Å². The Kier molecular flexibility index (Phi) is 6.04. The van der Waals surface area contributed by atoms with Gasteiger partial charge in [0.05, 0.1) is 26.7 Å². The van der Waals surface area contributed by atoms with Gasteiger partial charge in [-0.05, 0) is 26.3 Å². The van der Waals surface area contributed by atoms with Gasteiger partial charge in [0.2, 0.25) is 0 Å². The molecule has 0 saturated heterocycles. The van der Waals surface area contributed by atoms with Crippen LogP contribution < -0.4 is 15.2 Å². The molecule has 1 unspecified atom stereocenters. The molecule has 0 heterocycles. The largest absolute Gasteiger partial charge is 0.497 e. The molecule has 21 heavy (non-hydrogen) atoms. The van der Waals surface area contributed by atoms with Crippen molar-refractivity contribution in [3.63, 3.8) is 0 Å². The van der Waals surface area contributed by atoms with E-state index in [0.29, 0.717) is 17.9 Å². The number of esters is 1. The van der Waals surface area contributed by atoms with Crippen molar-refractivity contribution in [3.05, 3.63) is 22.2 Å². The van der Waals surface area contributed by atoms with Gasteiger partial charge >= 0.3 is 5.97 Å². The van der Waals surface area contributed by atoms with Crippen LogP contribution >= 0.6 is 15.9 Å². The lowest BCUT2D eigenvalue weighted by atomic mass is 9.83. The molecule has 0 bridgehead atoms. The maximum absolute atomic E-state index is 11.8. The highest BCUT2D eigenvalue weighted by atomic mass is 79.9.